The van der Waals surface area contributed by atoms with E-state index in [4.69, 9.17) is 9.47 Å². The number of rotatable bonds is 4. The van der Waals surface area contributed by atoms with Gasteiger partial charge in [-0.3, -0.25) is 4.98 Å². The SMILES string of the molecule is CC1CCC(Oc2nccc(Oc3cccnc3)n2)CC1. The van der Waals surface area contributed by atoms with Gasteiger partial charge >= 0.3 is 6.01 Å². The summed E-state index contributed by atoms with van der Waals surface area (Å²) in [5.74, 6) is 1.91. The molecule has 21 heavy (non-hydrogen) atoms. The second-order valence-corrected chi connectivity index (χ2v) is 5.47. The molecule has 0 radical (unpaired) electrons. The number of nitrogens with zero attached hydrogens (tertiary/aromatic N) is 3. The van der Waals surface area contributed by atoms with E-state index in [0.717, 1.165) is 18.8 Å². The molecule has 0 unspecified atom stereocenters. The third-order valence-corrected chi connectivity index (χ3v) is 3.70. The van der Waals surface area contributed by atoms with Gasteiger partial charge in [-0.05, 0) is 43.7 Å². The van der Waals surface area contributed by atoms with Crippen LogP contribution in [0.4, 0.5) is 0 Å². The first-order valence-corrected chi connectivity index (χ1v) is 7.37. The number of pyridine rings is 1. The van der Waals surface area contributed by atoms with Crippen LogP contribution in [0, 0.1) is 5.92 Å². The van der Waals surface area contributed by atoms with Crippen molar-refractivity contribution in [1.29, 1.82) is 0 Å². The lowest BCUT2D eigenvalue weighted by atomic mass is 9.89. The molecule has 1 fully saturated rings. The molecule has 0 aliphatic heterocycles. The van der Waals surface area contributed by atoms with Gasteiger partial charge in [0.2, 0.25) is 5.88 Å². The Kier molecular flexibility index (Phi) is 4.28. The van der Waals surface area contributed by atoms with E-state index in [0.29, 0.717) is 17.6 Å². The summed E-state index contributed by atoms with van der Waals surface area (Å²) in [6.07, 6.45) is 9.76. The number of ether oxygens (including phenoxy) is 2. The molecule has 2 heterocycles. The first-order chi connectivity index (χ1) is 10.3. The first-order valence-electron chi connectivity index (χ1n) is 7.37. The largest absolute Gasteiger partial charge is 0.460 e. The van der Waals surface area contributed by atoms with E-state index in [2.05, 4.69) is 21.9 Å². The lowest BCUT2D eigenvalue weighted by molar-refractivity contribution is 0.123. The van der Waals surface area contributed by atoms with E-state index in [1.165, 1.54) is 12.8 Å². The molecule has 110 valence electrons. The molecule has 1 saturated carbocycles. The van der Waals surface area contributed by atoms with Gasteiger partial charge in [0.15, 0.2) is 0 Å². The van der Waals surface area contributed by atoms with E-state index >= 15 is 0 Å². The molecule has 0 N–H and O–H groups in total. The van der Waals surface area contributed by atoms with Gasteiger partial charge < -0.3 is 9.47 Å². The van der Waals surface area contributed by atoms with E-state index in [9.17, 15) is 0 Å². The van der Waals surface area contributed by atoms with Crippen LogP contribution < -0.4 is 9.47 Å². The third-order valence-electron chi connectivity index (χ3n) is 3.70. The van der Waals surface area contributed by atoms with Crippen molar-refractivity contribution in [2.45, 2.75) is 38.7 Å². The fraction of sp³-hybridized carbons (Fsp3) is 0.438. The van der Waals surface area contributed by atoms with Gasteiger partial charge in [0.25, 0.3) is 0 Å². The summed E-state index contributed by atoms with van der Waals surface area (Å²) >= 11 is 0. The monoisotopic (exact) mass is 285 g/mol. The van der Waals surface area contributed by atoms with Gasteiger partial charge in [-0.2, -0.15) is 4.98 Å². The van der Waals surface area contributed by atoms with Crippen molar-refractivity contribution in [3.05, 3.63) is 36.8 Å². The van der Waals surface area contributed by atoms with Gasteiger partial charge in [-0.1, -0.05) is 6.92 Å². The number of hydrogen-bond donors (Lipinski definition) is 0. The predicted octanol–water partition coefficient (Wildman–Crippen LogP) is 3.62. The molecular formula is C16H19N3O2. The number of hydrogen-bond acceptors (Lipinski definition) is 5. The minimum absolute atomic E-state index is 0.217. The first kappa shape index (κ1) is 13.8. The van der Waals surface area contributed by atoms with E-state index < -0.39 is 0 Å². The molecule has 0 aromatic carbocycles. The van der Waals surface area contributed by atoms with E-state index in [1.54, 1.807) is 24.7 Å². The summed E-state index contributed by atoms with van der Waals surface area (Å²) in [6, 6.07) is 5.74. The Bertz CT molecular complexity index is 569. The topological polar surface area (TPSA) is 57.1 Å². The average Bonchev–Trinajstić information content (AvgIpc) is 2.51. The van der Waals surface area contributed by atoms with Crippen molar-refractivity contribution in [3.8, 4) is 17.6 Å². The van der Waals surface area contributed by atoms with Crippen LogP contribution in [-0.4, -0.2) is 21.1 Å². The summed E-state index contributed by atoms with van der Waals surface area (Å²) in [6.45, 7) is 2.29. The van der Waals surface area contributed by atoms with Crippen molar-refractivity contribution < 1.29 is 9.47 Å². The Morgan fingerprint density at radius 2 is 1.95 bits per heavy atom. The van der Waals surface area contributed by atoms with Crippen LogP contribution in [0.1, 0.15) is 32.6 Å². The Balaban J connectivity index is 1.63. The Morgan fingerprint density at radius 3 is 2.71 bits per heavy atom. The zero-order valence-corrected chi connectivity index (χ0v) is 12.1. The molecule has 5 nitrogen and oxygen atoms in total. The second-order valence-electron chi connectivity index (χ2n) is 5.47. The lowest BCUT2D eigenvalue weighted by Gasteiger charge is -2.25. The van der Waals surface area contributed by atoms with Gasteiger partial charge in [0, 0.05) is 18.5 Å². The lowest BCUT2D eigenvalue weighted by Crippen LogP contribution is -2.23. The van der Waals surface area contributed by atoms with Gasteiger partial charge in [-0.15, -0.1) is 0 Å². The van der Waals surface area contributed by atoms with Crippen molar-refractivity contribution in [2.75, 3.05) is 0 Å². The summed E-state index contributed by atoms with van der Waals surface area (Å²) in [4.78, 5) is 12.5. The Labute approximate surface area is 124 Å². The molecule has 0 saturated heterocycles. The second kappa shape index (κ2) is 6.52. The fourth-order valence-corrected chi connectivity index (χ4v) is 2.46. The van der Waals surface area contributed by atoms with Gasteiger partial charge in [0.1, 0.15) is 11.9 Å². The van der Waals surface area contributed by atoms with Crippen molar-refractivity contribution in [1.82, 2.24) is 15.0 Å². The summed E-state index contributed by atoms with van der Waals surface area (Å²) in [5.41, 5.74) is 0. The summed E-state index contributed by atoms with van der Waals surface area (Å²) < 4.78 is 11.5. The van der Waals surface area contributed by atoms with E-state index in [-0.39, 0.29) is 6.10 Å². The number of aromatic nitrogens is 3. The predicted molar refractivity (Wildman–Crippen MR) is 78.4 cm³/mol. The molecule has 1 aliphatic rings. The highest BCUT2D eigenvalue weighted by Crippen LogP contribution is 2.26. The highest BCUT2D eigenvalue weighted by Gasteiger charge is 2.20. The minimum atomic E-state index is 0.217. The maximum absolute atomic E-state index is 5.86. The summed E-state index contributed by atoms with van der Waals surface area (Å²) in [5, 5.41) is 0. The molecular weight excluding hydrogens is 266 g/mol. The van der Waals surface area contributed by atoms with Crippen LogP contribution in [-0.2, 0) is 0 Å². The van der Waals surface area contributed by atoms with Crippen LogP contribution in [0.5, 0.6) is 17.6 Å². The molecule has 0 spiro atoms. The molecule has 1 aliphatic carbocycles. The third kappa shape index (κ3) is 3.90. The van der Waals surface area contributed by atoms with E-state index in [1.807, 2.05) is 12.1 Å². The van der Waals surface area contributed by atoms with Crippen molar-refractivity contribution in [3.63, 3.8) is 0 Å². The van der Waals surface area contributed by atoms with Crippen LogP contribution in [0.2, 0.25) is 0 Å². The maximum Gasteiger partial charge on any atom is 0.319 e. The van der Waals surface area contributed by atoms with Gasteiger partial charge in [0.05, 0.1) is 6.20 Å². The zero-order valence-electron chi connectivity index (χ0n) is 12.1. The van der Waals surface area contributed by atoms with Crippen LogP contribution in [0.3, 0.4) is 0 Å². The molecule has 2 aromatic heterocycles. The zero-order chi connectivity index (χ0) is 14.5. The van der Waals surface area contributed by atoms with Crippen molar-refractivity contribution >= 4 is 0 Å². The molecule has 0 amide bonds. The van der Waals surface area contributed by atoms with Crippen LogP contribution in [0.25, 0.3) is 0 Å². The highest BCUT2D eigenvalue weighted by atomic mass is 16.5. The van der Waals surface area contributed by atoms with Crippen molar-refractivity contribution in [2.24, 2.45) is 5.92 Å². The smallest absolute Gasteiger partial charge is 0.319 e. The molecule has 2 aromatic rings. The Hall–Kier alpha value is -2.17. The van der Waals surface area contributed by atoms with Gasteiger partial charge in [-0.25, -0.2) is 4.98 Å². The fourth-order valence-electron chi connectivity index (χ4n) is 2.46. The molecule has 0 bridgehead atoms. The Morgan fingerprint density at radius 1 is 1.10 bits per heavy atom. The van der Waals surface area contributed by atoms with Crippen LogP contribution in [0.15, 0.2) is 36.8 Å². The average molecular weight is 285 g/mol. The normalized spacial score (nSPS) is 21.8. The maximum atomic E-state index is 5.86. The van der Waals surface area contributed by atoms with Crippen LogP contribution >= 0.6 is 0 Å². The molecule has 5 heteroatoms. The molecule has 0 atom stereocenters. The molecule has 3 rings (SSSR count). The quantitative estimate of drug-likeness (QED) is 0.858. The standard InChI is InChI=1S/C16H19N3O2/c1-12-4-6-13(7-5-12)21-16-18-10-8-15(19-16)20-14-3-2-9-17-11-14/h2-3,8-13H,4-7H2,1H3. The summed E-state index contributed by atoms with van der Waals surface area (Å²) in [7, 11) is 0. The highest BCUT2D eigenvalue weighted by molar-refractivity contribution is 5.23. The minimum Gasteiger partial charge on any atom is -0.460 e.